The van der Waals surface area contributed by atoms with E-state index in [0.29, 0.717) is 35.1 Å². The molecule has 1 aliphatic heterocycles. The summed E-state index contributed by atoms with van der Waals surface area (Å²) in [6.07, 6.45) is 4.12. The van der Waals surface area contributed by atoms with E-state index in [1.807, 2.05) is 19.1 Å². The predicted molar refractivity (Wildman–Crippen MR) is 147 cm³/mol. The van der Waals surface area contributed by atoms with Gasteiger partial charge in [0.2, 0.25) is 12.0 Å². The topological polar surface area (TPSA) is 97.3 Å². The summed E-state index contributed by atoms with van der Waals surface area (Å²) in [5, 5.41) is 13.1. The van der Waals surface area contributed by atoms with Gasteiger partial charge >= 0.3 is 0 Å². The Morgan fingerprint density at radius 1 is 0.974 bits per heavy atom. The van der Waals surface area contributed by atoms with Crippen molar-refractivity contribution in [1.29, 1.82) is 0 Å². The SMILES string of the molecule is CCOc1ccc(N(C(=O)[C@@H]2COc3ccccc3O2)[C@H](C(=O)NC2CCCCC2)c2ccc(O)cc2)cc1. The van der Waals surface area contributed by atoms with Gasteiger partial charge in [0.25, 0.3) is 5.91 Å². The summed E-state index contributed by atoms with van der Waals surface area (Å²) in [5.74, 6) is 1.08. The molecular weight excluding hydrogens is 496 g/mol. The van der Waals surface area contributed by atoms with Crippen LogP contribution >= 0.6 is 0 Å². The molecule has 2 aliphatic rings. The van der Waals surface area contributed by atoms with Crippen molar-refractivity contribution in [1.82, 2.24) is 5.32 Å². The summed E-state index contributed by atoms with van der Waals surface area (Å²) < 4.78 is 17.5. The average molecular weight is 531 g/mol. The molecule has 0 bridgehead atoms. The standard InChI is InChI=1S/C31H34N2O6/c1-2-37-25-18-14-23(15-19-25)33(31(36)28-20-38-26-10-6-7-11-27(26)39-28)29(21-12-16-24(34)17-13-21)30(35)32-22-8-4-3-5-9-22/h6-7,10-19,22,28-29,34H,2-5,8-9,20H2,1H3,(H,32,35)/t28-,29-/m0/s1. The molecule has 8 nitrogen and oxygen atoms in total. The number of hydrogen-bond acceptors (Lipinski definition) is 6. The molecule has 1 saturated carbocycles. The van der Waals surface area contributed by atoms with Crippen molar-refractivity contribution in [3.63, 3.8) is 0 Å². The van der Waals surface area contributed by atoms with Crippen LogP contribution in [0.2, 0.25) is 0 Å². The highest BCUT2D eigenvalue weighted by Crippen LogP contribution is 2.35. The monoisotopic (exact) mass is 530 g/mol. The molecule has 2 amide bonds. The Morgan fingerprint density at radius 3 is 2.36 bits per heavy atom. The first kappa shape index (κ1) is 26.4. The van der Waals surface area contributed by atoms with Gasteiger partial charge in [-0.2, -0.15) is 0 Å². The Labute approximate surface area is 228 Å². The number of rotatable bonds is 8. The number of benzene rings is 3. The molecule has 0 spiro atoms. The van der Waals surface area contributed by atoms with E-state index in [2.05, 4.69) is 5.32 Å². The molecular formula is C31H34N2O6. The molecule has 8 heteroatoms. The normalized spacial score (nSPS) is 17.6. The quantitative estimate of drug-likeness (QED) is 0.418. The van der Waals surface area contributed by atoms with Gasteiger partial charge < -0.3 is 24.6 Å². The van der Waals surface area contributed by atoms with Crippen LogP contribution in [0.5, 0.6) is 23.0 Å². The maximum atomic E-state index is 14.3. The van der Waals surface area contributed by atoms with Crippen molar-refractivity contribution >= 4 is 17.5 Å². The largest absolute Gasteiger partial charge is 0.508 e. The van der Waals surface area contributed by atoms with Crippen LogP contribution in [0, 0.1) is 0 Å². The van der Waals surface area contributed by atoms with Crippen LogP contribution in [0.25, 0.3) is 0 Å². The number of anilines is 1. The van der Waals surface area contributed by atoms with Crippen molar-refractivity contribution in [2.75, 3.05) is 18.1 Å². The molecule has 0 unspecified atom stereocenters. The maximum Gasteiger partial charge on any atom is 0.272 e. The first-order valence-corrected chi connectivity index (χ1v) is 13.6. The fraction of sp³-hybridized carbons (Fsp3) is 0.355. The Morgan fingerprint density at radius 2 is 1.67 bits per heavy atom. The van der Waals surface area contributed by atoms with Crippen molar-refractivity contribution < 1.29 is 28.9 Å². The van der Waals surface area contributed by atoms with Crippen molar-refractivity contribution in [3.8, 4) is 23.0 Å². The Kier molecular flexibility index (Phi) is 8.20. The van der Waals surface area contributed by atoms with Gasteiger partial charge in [0, 0.05) is 11.7 Å². The van der Waals surface area contributed by atoms with Crippen LogP contribution in [0.4, 0.5) is 5.69 Å². The lowest BCUT2D eigenvalue weighted by Crippen LogP contribution is -2.52. The number of hydrogen-bond donors (Lipinski definition) is 2. The Hall–Kier alpha value is -4.20. The molecule has 1 fully saturated rings. The number of amides is 2. The Balaban J connectivity index is 1.54. The number of aromatic hydroxyl groups is 1. The van der Waals surface area contributed by atoms with Crippen LogP contribution in [-0.4, -0.2) is 42.3 Å². The molecule has 0 aromatic heterocycles. The Bertz CT molecular complexity index is 1270. The fourth-order valence-corrected chi connectivity index (χ4v) is 5.17. The average Bonchev–Trinajstić information content (AvgIpc) is 2.97. The summed E-state index contributed by atoms with van der Waals surface area (Å²) in [7, 11) is 0. The van der Waals surface area contributed by atoms with Gasteiger partial charge in [-0.25, -0.2) is 0 Å². The highest BCUT2D eigenvalue weighted by molar-refractivity contribution is 6.03. The molecule has 5 rings (SSSR count). The third kappa shape index (κ3) is 6.11. The van der Waals surface area contributed by atoms with Gasteiger partial charge in [-0.3, -0.25) is 14.5 Å². The van der Waals surface area contributed by atoms with E-state index in [4.69, 9.17) is 14.2 Å². The second-order valence-corrected chi connectivity index (χ2v) is 9.84. The number of ether oxygens (including phenoxy) is 3. The van der Waals surface area contributed by atoms with Crippen LogP contribution in [-0.2, 0) is 9.59 Å². The van der Waals surface area contributed by atoms with E-state index >= 15 is 0 Å². The molecule has 1 aliphatic carbocycles. The van der Waals surface area contributed by atoms with E-state index < -0.39 is 18.1 Å². The molecule has 3 aromatic carbocycles. The molecule has 2 N–H and O–H groups in total. The van der Waals surface area contributed by atoms with Gasteiger partial charge in [-0.1, -0.05) is 43.5 Å². The number of phenols is 1. The molecule has 3 aromatic rings. The van der Waals surface area contributed by atoms with Gasteiger partial charge in [-0.15, -0.1) is 0 Å². The first-order chi connectivity index (χ1) is 19.0. The third-order valence-corrected chi connectivity index (χ3v) is 7.11. The fourth-order valence-electron chi connectivity index (χ4n) is 5.17. The van der Waals surface area contributed by atoms with Gasteiger partial charge in [0.05, 0.1) is 6.61 Å². The predicted octanol–water partition coefficient (Wildman–Crippen LogP) is 5.15. The minimum absolute atomic E-state index is 0.00984. The van der Waals surface area contributed by atoms with Crippen LogP contribution in [0.1, 0.15) is 50.6 Å². The van der Waals surface area contributed by atoms with E-state index in [0.717, 1.165) is 32.1 Å². The summed E-state index contributed by atoms with van der Waals surface area (Å²) >= 11 is 0. The van der Waals surface area contributed by atoms with E-state index in [9.17, 15) is 14.7 Å². The maximum absolute atomic E-state index is 14.3. The van der Waals surface area contributed by atoms with Crippen molar-refractivity contribution in [3.05, 3.63) is 78.4 Å². The van der Waals surface area contributed by atoms with Gasteiger partial charge in [0.15, 0.2) is 11.5 Å². The molecule has 2 atom stereocenters. The van der Waals surface area contributed by atoms with Gasteiger partial charge in [0.1, 0.15) is 24.1 Å². The molecule has 1 heterocycles. The van der Waals surface area contributed by atoms with Crippen molar-refractivity contribution in [2.45, 2.75) is 57.2 Å². The first-order valence-electron chi connectivity index (χ1n) is 13.6. The second kappa shape index (κ2) is 12.1. The highest BCUT2D eigenvalue weighted by Gasteiger charge is 2.39. The van der Waals surface area contributed by atoms with Crippen LogP contribution in [0.15, 0.2) is 72.8 Å². The zero-order chi connectivity index (χ0) is 27.2. The third-order valence-electron chi connectivity index (χ3n) is 7.11. The lowest BCUT2D eigenvalue weighted by atomic mass is 9.94. The van der Waals surface area contributed by atoms with Crippen LogP contribution < -0.4 is 24.4 Å². The molecule has 39 heavy (non-hydrogen) atoms. The van der Waals surface area contributed by atoms with Crippen LogP contribution in [0.3, 0.4) is 0 Å². The van der Waals surface area contributed by atoms with E-state index in [1.165, 1.54) is 17.0 Å². The van der Waals surface area contributed by atoms with Gasteiger partial charge in [-0.05, 0) is 73.9 Å². The molecule has 0 saturated heterocycles. The summed E-state index contributed by atoms with van der Waals surface area (Å²) in [5.41, 5.74) is 1.09. The van der Waals surface area contributed by atoms with E-state index in [1.54, 1.807) is 48.5 Å². The smallest absolute Gasteiger partial charge is 0.272 e. The number of nitrogens with zero attached hydrogens (tertiary/aromatic N) is 1. The minimum atomic E-state index is -1.00. The van der Waals surface area contributed by atoms with Crippen molar-refractivity contribution in [2.24, 2.45) is 0 Å². The number of fused-ring (bicyclic) bond motifs is 1. The summed E-state index contributed by atoms with van der Waals surface area (Å²) in [4.78, 5) is 29.7. The molecule has 0 radical (unpaired) electrons. The number of phenolic OH excluding ortho intramolecular Hbond substituents is 1. The number of nitrogens with one attached hydrogen (secondary N) is 1. The lowest BCUT2D eigenvalue weighted by Gasteiger charge is -2.36. The second-order valence-electron chi connectivity index (χ2n) is 9.84. The number of carbonyl (C=O) groups excluding carboxylic acids is 2. The number of para-hydroxylation sites is 2. The molecule has 204 valence electrons. The summed E-state index contributed by atoms with van der Waals surface area (Å²) in [6, 6.07) is 19.7. The number of carbonyl (C=O) groups is 2. The zero-order valence-electron chi connectivity index (χ0n) is 22.0. The van der Waals surface area contributed by atoms with E-state index in [-0.39, 0.29) is 24.3 Å². The minimum Gasteiger partial charge on any atom is -0.508 e. The zero-order valence-corrected chi connectivity index (χ0v) is 22.0. The highest BCUT2D eigenvalue weighted by atomic mass is 16.6. The summed E-state index contributed by atoms with van der Waals surface area (Å²) in [6.45, 7) is 2.42. The lowest BCUT2D eigenvalue weighted by molar-refractivity contribution is -0.132.